The Bertz CT molecular complexity index is 329. The lowest BCUT2D eigenvalue weighted by Gasteiger charge is -2.17. The molecule has 0 amide bonds. The maximum atomic E-state index is 12.0. The lowest BCUT2D eigenvalue weighted by molar-refractivity contribution is -0.0589. The zero-order chi connectivity index (χ0) is 11.3. The van der Waals surface area contributed by atoms with Crippen LogP contribution in [-0.4, -0.2) is 20.0 Å². The molecule has 0 N–H and O–H groups in total. The average Bonchev–Trinajstić information content (AvgIpc) is 2.93. The summed E-state index contributed by atoms with van der Waals surface area (Å²) in [6, 6.07) is 0. The van der Waals surface area contributed by atoms with Gasteiger partial charge in [0.25, 0.3) is 0 Å². The van der Waals surface area contributed by atoms with Crippen molar-refractivity contribution in [3.63, 3.8) is 0 Å². The highest BCUT2D eigenvalue weighted by molar-refractivity contribution is 7.87. The summed E-state index contributed by atoms with van der Waals surface area (Å²) in [5.41, 5.74) is -5.30. The molecule has 2 rings (SSSR count). The number of hydrogen-bond acceptors (Lipinski definition) is 3. The van der Waals surface area contributed by atoms with Gasteiger partial charge in [0, 0.05) is 0 Å². The summed E-state index contributed by atoms with van der Waals surface area (Å²) in [5, 5.41) is 0. The van der Waals surface area contributed by atoms with Gasteiger partial charge in [-0.3, -0.25) is 4.18 Å². The predicted molar refractivity (Wildman–Crippen MR) is 45.3 cm³/mol. The Labute approximate surface area is 85.7 Å². The highest BCUT2D eigenvalue weighted by Gasteiger charge is 2.53. The molecule has 2 saturated carbocycles. The smallest absolute Gasteiger partial charge is 0.259 e. The van der Waals surface area contributed by atoms with Crippen molar-refractivity contribution >= 4 is 10.1 Å². The largest absolute Gasteiger partial charge is 0.523 e. The van der Waals surface area contributed by atoms with Gasteiger partial charge >= 0.3 is 15.6 Å². The van der Waals surface area contributed by atoms with E-state index in [2.05, 4.69) is 4.18 Å². The van der Waals surface area contributed by atoms with Crippen molar-refractivity contribution in [3.8, 4) is 0 Å². The van der Waals surface area contributed by atoms with Crippen molar-refractivity contribution in [1.82, 2.24) is 0 Å². The van der Waals surface area contributed by atoms with Crippen molar-refractivity contribution in [1.29, 1.82) is 0 Å². The molecule has 0 aromatic rings. The molecule has 2 aliphatic rings. The van der Waals surface area contributed by atoms with E-state index in [9.17, 15) is 21.6 Å². The van der Waals surface area contributed by atoms with Crippen LogP contribution >= 0.6 is 0 Å². The minimum absolute atomic E-state index is 0.00891. The lowest BCUT2D eigenvalue weighted by atomic mass is 10.1. The van der Waals surface area contributed by atoms with Gasteiger partial charge in [0.2, 0.25) is 0 Å². The molecule has 0 aromatic carbocycles. The third kappa shape index (κ3) is 2.44. The van der Waals surface area contributed by atoms with Gasteiger partial charge in [0.05, 0.1) is 6.10 Å². The summed E-state index contributed by atoms with van der Waals surface area (Å²) in [6.07, 6.45) is 2.35. The van der Waals surface area contributed by atoms with Crippen LogP contribution in [0.4, 0.5) is 13.2 Å². The molecule has 0 unspecified atom stereocenters. The van der Waals surface area contributed by atoms with Crippen LogP contribution in [-0.2, 0) is 14.3 Å². The first kappa shape index (κ1) is 11.2. The monoisotopic (exact) mass is 244 g/mol. The molecule has 0 atom stereocenters. The molecule has 2 aliphatic carbocycles. The molecular weight excluding hydrogens is 233 g/mol. The van der Waals surface area contributed by atoms with Crippen LogP contribution in [0.5, 0.6) is 0 Å². The Hall–Kier alpha value is -0.300. The first-order valence-corrected chi connectivity index (χ1v) is 6.21. The van der Waals surface area contributed by atoms with E-state index in [1.165, 1.54) is 0 Å². The first-order valence-electron chi connectivity index (χ1n) is 4.81. The fourth-order valence-electron chi connectivity index (χ4n) is 1.59. The van der Waals surface area contributed by atoms with Gasteiger partial charge in [-0.1, -0.05) is 0 Å². The maximum absolute atomic E-state index is 12.0. The van der Waals surface area contributed by atoms with Gasteiger partial charge < -0.3 is 0 Å². The molecule has 0 aliphatic heterocycles. The number of rotatable bonds is 4. The number of alkyl halides is 3. The van der Waals surface area contributed by atoms with Crippen LogP contribution in [0.15, 0.2) is 0 Å². The van der Waals surface area contributed by atoms with Crippen LogP contribution in [0.1, 0.15) is 25.7 Å². The Morgan fingerprint density at radius 2 is 1.47 bits per heavy atom. The van der Waals surface area contributed by atoms with Crippen LogP contribution in [0, 0.1) is 11.8 Å². The van der Waals surface area contributed by atoms with Gasteiger partial charge in [-0.15, -0.1) is 0 Å². The van der Waals surface area contributed by atoms with E-state index in [-0.39, 0.29) is 11.8 Å². The number of halogens is 3. The summed E-state index contributed by atoms with van der Waals surface area (Å²) < 4.78 is 62.0. The second kappa shape index (κ2) is 3.35. The molecule has 0 aromatic heterocycles. The van der Waals surface area contributed by atoms with Crippen molar-refractivity contribution in [2.24, 2.45) is 11.8 Å². The highest BCUT2D eigenvalue weighted by Crippen LogP contribution is 2.47. The van der Waals surface area contributed by atoms with Gasteiger partial charge in [0.15, 0.2) is 0 Å². The third-order valence-electron chi connectivity index (χ3n) is 2.69. The quantitative estimate of drug-likeness (QED) is 0.561. The summed E-state index contributed by atoms with van der Waals surface area (Å²) in [4.78, 5) is 0. The van der Waals surface area contributed by atoms with Crippen molar-refractivity contribution in [2.45, 2.75) is 37.3 Å². The number of hydrogen-bond donors (Lipinski definition) is 0. The van der Waals surface area contributed by atoms with E-state index in [1.54, 1.807) is 0 Å². The molecule has 3 nitrogen and oxygen atoms in total. The van der Waals surface area contributed by atoms with Crippen LogP contribution in [0.2, 0.25) is 0 Å². The van der Waals surface area contributed by atoms with E-state index in [0.29, 0.717) is 0 Å². The van der Waals surface area contributed by atoms with E-state index in [0.717, 1.165) is 25.7 Å². The molecule has 0 heterocycles. The second-order valence-electron chi connectivity index (χ2n) is 4.14. The third-order valence-corrected chi connectivity index (χ3v) is 3.74. The normalized spacial score (nSPS) is 23.5. The maximum Gasteiger partial charge on any atom is 0.523 e. The minimum Gasteiger partial charge on any atom is -0.259 e. The molecule has 15 heavy (non-hydrogen) atoms. The summed E-state index contributed by atoms with van der Waals surface area (Å²) in [7, 11) is -5.41. The lowest BCUT2D eigenvalue weighted by Crippen LogP contribution is -2.32. The molecule has 2 fully saturated rings. The second-order valence-corrected chi connectivity index (χ2v) is 5.70. The molecule has 7 heteroatoms. The predicted octanol–water partition coefficient (Wildman–Crippen LogP) is 2.04. The summed E-state index contributed by atoms with van der Waals surface area (Å²) in [5.74, 6) is 0.0178. The van der Waals surface area contributed by atoms with E-state index in [4.69, 9.17) is 0 Å². The van der Waals surface area contributed by atoms with Crippen LogP contribution in [0.3, 0.4) is 0 Å². The van der Waals surface area contributed by atoms with E-state index in [1.807, 2.05) is 0 Å². The Morgan fingerprint density at radius 1 is 1.07 bits per heavy atom. The Balaban J connectivity index is 2.05. The fourth-order valence-corrected chi connectivity index (χ4v) is 2.31. The molecule has 0 spiro atoms. The Kier molecular flexibility index (Phi) is 2.50. The van der Waals surface area contributed by atoms with E-state index < -0.39 is 21.7 Å². The highest BCUT2D eigenvalue weighted by atomic mass is 32.2. The Morgan fingerprint density at radius 3 is 1.73 bits per heavy atom. The molecule has 0 bridgehead atoms. The first-order chi connectivity index (χ1) is 6.81. The molecule has 0 saturated heterocycles. The summed E-state index contributed by atoms with van der Waals surface area (Å²) in [6.45, 7) is 0. The molecular formula is C8H11F3O3S. The zero-order valence-electron chi connectivity index (χ0n) is 7.83. The van der Waals surface area contributed by atoms with E-state index >= 15 is 0 Å². The standard InChI is InChI=1S/C8H11F3O3S/c9-8(10,11)15(12,13)14-7(5-1-2-5)6-3-4-6/h5-7H,1-4H2. The van der Waals surface area contributed by atoms with Gasteiger partial charge in [-0.25, -0.2) is 0 Å². The minimum atomic E-state index is -5.41. The van der Waals surface area contributed by atoms with Crippen LogP contribution < -0.4 is 0 Å². The average molecular weight is 244 g/mol. The van der Waals surface area contributed by atoms with Crippen molar-refractivity contribution in [2.75, 3.05) is 0 Å². The van der Waals surface area contributed by atoms with Crippen molar-refractivity contribution in [3.05, 3.63) is 0 Å². The van der Waals surface area contributed by atoms with Gasteiger partial charge in [0.1, 0.15) is 0 Å². The summed E-state index contributed by atoms with van der Waals surface area (Å²) >= 11 is 0. The van der Waals surface area contributed by atoms with Crippen molar-refractivity contribution < 1.29 is 25.8 Å². The van der Waals surface area contributed by atoms with Crippen LogP contribution in [0.25, 0.3) is 0 Å². The zero-order valence-corrected chi connectivity index (χ0v) is 8.64. The molecule has 0 radical (unpaired) electrons. The SMILES string of the molecule is O=S(=O)(OC(C1CC1)C1CC1)C(F)(F)F. The molecule has 88 valence electrons. The topological polar surface area (TPSA) is 43.4 Å². The van der Waals surface area contributed by atoms with Gasteiger partial charge in [-0.05, 0) is 37.5 Å². The van der Waals surface area contributed by atoms with Gasteiger partial charge in [-0.2, -0.15) is 21.6 Å². The fraction of sp³-hybridized carbons (Fsp3) is 1.00.